The Hall–Kier alpha value is -4.57. The lowest BCUT2D eigenvalue weighted by atomic mass is 10.1. The molecule has 4 amide bonds. The van der Waals surface area contributed by atoms with Crippen molar-refractivity contribution in [3.63, 3.8) is 0 Å². The Morgan fingerprint density at radius 2 is 1.56 bits per heavy atom. The van der Waals surface area contributed by atoms with Gasteiger partial charge in [-0.05, 0) is 43.3 Å². The number of benzene rings is 3. The number of carbonyl (C=O) groups is 4. The van der Waals surface area contributed by atoms with Crippen molar-refractivity contribution in [3.8, 4) is 17.2 Å². The summed E-state index contributed by atoms with van der Waals surface area (Å²) in [5, 5.41) is 0.992. The van der Waals surface area contributed by atoms with Crippen molar-refractivity contribution < 1.29 is 33.4 Å². The van der Waals surface area contributed by atoms with Crippen LogP contribution < -0.4 is 24.5 Å². The Bertz CT molecular complexity index is 1420. The predicted molar refractivity (Wildman–Crippen MR) is 143 cm³/mol. The van der Waals surface area contributed by atoms with Gasteiger partial charge >= 0.3 is 0 Å². The highest BCUT2D eigenvalue weighted by Gasteiger charge is 2.46. The van der Waals surface area contributed by atoms with Crippen LogP contribution in [0.2, 0.25) is 5.02 Å². The number of nitrogens with zero attached hydrogens (tertiary/aromatic N) is 2. The number of methoxy groups -OCH3 is 3. The number of rotatable bonds is 7. The van der Waals surface area contributed by atoms with Crippen LogP contribution in [-0.2, 0) is 9.59 Å². The Kier molecular flexibility index (Phi) is 8.06. The fourth-order valence-electron chi connectivity index (χ4n) is 4.21. The van der Waals surface area contributed by atoms with E-state index in [1.807, 2.05) is 6.92 Å². The molecular weight excluding hydrogens is 526 g/mol. The first-order chi connectivity index (χ1) is 18.7. The zero-order chi connectivity index (χ0) is 28.3. The number of aryl methyl sites for hydroxylation is 1. The van der Waals surface area contributed by atoms with Gasteiger partial charge < -0.3 is 14.2 Å². The van der Waals surface area contributed by atoms with E-state index in [1.165, 1.54) is 45.6 Å². The number of anilines is 1. The lowest BCUT2D eigenvalue weighted by molar-refractivity contribution is -0.122. The third-order valence-electron chi connectivity index (χ3n) is 6.20. The standard InChI is InChI=1S/C28H26ClN3O7/c1-16-9-11-18(12-10-16)31-24(33)15-21(28(31)36)32(30-26(34)19-7-5-6-8-20(19)29)27(35)17-13-22(37-2)25(39-4)23(14-17)38-3/h5-14,21H,15H2,1-4H3,(H,30,34)/t21-/m1/s1. The lowest BCUT2D eigenvalue weighted by Gasteiger charge is -2.28. The maximum absolute atomic E-state index is 13.9. The first-order valence-electron chi connectivity index (χ1n) is 11.8. The van der Waals surface area contributed by atoms with Crippen LogP contribution >= 0.6 is 11.6 Å². The summed E-state index contributed by atoms with van der Waals surface area (Å²) in [6, 6.07) is 14.5. The van der Waals surface area contributed by atoms with Gasteiger partial charge in [-0.15, -0.1) is 0 Å². The number of halogens is 1. The van der Waals surface area contributed by atoms with Gasteiger partial charge in [-0.25, -0.2) is 9.91 Å². The van der Waals surface area contributed by atoms with Crippen LogP contribution in [-0.4, -0.2) is 56.0 Å². The van der Waals surface area contributed by atoms with E-state index in [9.17, 15) is 19.2 Å². The Balaban J connectivity index is 1.77. The topological polar surface area (TPSA) is 114 Å². The number of hydrazine groups is 1. The van der Waals surface area contributed by atoms with E-state index in [4.69, 9.17) is 25.8 Å². The molecule has 0 aromatic heterocycles. The summed E-state index contributed by atoms with van der Waals surface area (Å²) in [5.41, 5.74) is 3.89. The van der Waals surface area contributed by atoms with Gasteiger partial charge in [0.15, 0.2) is 11.5 Å². The van der Waals surface area contributed by atoms with Crippen molar-refractivity contribution in [1.82, 2.24) is 10.4 Å². The number of nitrogens with one attached hydrogen (secondary N) is 1. The molecule has 3 aromatic carbocycles. The highest BCUT2D eigenvalue weighted by Crippen LogP contribution is 2.39. The zero-order valence-corrected chi connectivity index (χ0v) is 22.4. The number of hydrogen-bond donors (Lipinski definition) is 1. The maximum Gasteiger partial charge on any atom is 0.273 e. The van der Waals surface area contributed by atoms with Crippen molar-refractivity contribution in [2.24, 2.45) is 0 Å². The summed E-state index contributed by atoms with van der Waals surface area (Å²) < 4.78 is 16.0. The Labute approximate surface area is 230 Å². The quantitative estimate of drug-likeness (QED) is 0.351. The first-order valence-corrected chi connectivity index (χ1v) is 12.2. The van der Waals surface area contributed by atoms with Gasteiger partial charge in [0.25, 0.3) is 17.7 Å². The second kappa shape index (κ2) is 11.4. The first kappa shape index (κ1) is 27.5. The number of imide groups is 1. The largest absolute Gasteiger partial charge is 0.493 e. The average Bonchev–Trinajstić information content (AvgIpc) is 3.24. The zero-order valence-electron chi connectivity index (χ0n) is 21.7. The number of ether oxygens (including phenoxy) is 3. The molecule has 1 aliphatic rings. The summed E-state index contributed by atoms with van der Waals surface area (Å²) in [5.74, 6) is -2.10. The van der Waals surface area contributed by atoms with Crippen LogP contribution in [0.3, 0.4) is 0 Å². The molecule has 1 aliphatic heterocycles. The molecule has 1 saturated heterocycles. The smallest absolute Gasteiger partial charge is 0.273 e. The SMILES string of the molecule is COc1cc(C(=O)N(NC(=O)c2ccccc2Cl)[C@@H]2CC(=O)N(c3ccc(C)cc3)C2=O)cc(OC)c1OC. The number of carbonyl (C=O) groups excluding carboxylic acids is 4. The van der Waals surface area contributed by atoms with E-state index in [-0.39, 0.29) is 39.8 Å². The molecule has 4 rings (SSSR count). The van der Waals surface area contributed by atoms with E-state index in [0.29, 0.717) is 5.69 Å². The molecule has 39 heavy (non-hydrogen) atoms. The molecule has 1 fully saturated rings. The molecule has 0 unspecified atom stereocenters. The summed E-state index contributed by atoms with van der Waals surface area (Å²) in [6.07, 6.45) is -0.355. The molecule has 0 spiro atoms. The van der Waals surface area contributed by atoms with Crippen LogP contribution in [0.25, 0.3) is 0 Å². The van der Waals surface area contributed by atoms with Gasteiger partial charge in [-0.2, -0.15) is 0 Å². The molecule has 0 aliphatic carbocycles. The fourth-order valence-corrected chi connectivity index (χ4v) is 4.43. The minimum Gasteiger partial charge on any atom is -0.493 e. The van der Waals surface area contributed by atoms with E-state index in [1.54, 1.807) is 36.4 Å². The van der Waals surface area contributed by atoms with Crippen molar-refractivity contribution in [2.75, 3.05) is 26.2 Å². The van der Waals surface area contributed by atoms with E-state index in [0.717, 1.165) is 15.5 Å². The molecule has 1 atom stereocenters. The molecule has 0 bridgehead atoms. The van der Waals surface area contributed by atoms with E-state index < -0.39 is 29.7 Å². The molecular formula is C28H26ClN3O7. The van der Waals surface area contributed by atoms with Gasteiger partial charge in [0.1, 0.15) is 6.04 Å². The van der Waals surface area contributed by atoms with Gasteiger partial charge in [-0.1, -0.05) is 41.4 Å². The molecule has 11 heteroatoms. The Morgan fingerprint density at radius 1 is 0.949 bits per heavy atom. The van der Waals surface area contributed by atoms with Gasteiger partial charge in [0, 0.05) is 5.56 Å². The minimum absolute atomic E-state index is 0.0120. The van der Waals surface area contributed by atoms with E-state index in [2.05, 4.69) is 5.43 Å². The third-order valence-corrected chi connectivity index (χ3v) is 6.53. The van der Waals surface area contributed by atoms with Gasteiger partial charge in [-0.3, -0.25) is 24.6 Å². The summed E-state index contributed by atoms with van der Waals surface area (Å²) in [6.45, 7) is 1.88. The minimum atomic E-state index is -1.34. The van der Waals surface area contributed by atoms with Crippen molar-refractivity contribution >= 4 is 40.9 Å². The Morgan fingerprint density at radius 3 is 2.13 bits per heavy atom. The monoisotopic (exact) mass is 551 g/mol. The lowest BCUT2D eigenvalue weighted by Crippen LogP contribution is -2.54. The highest BCUT2D eigenvalue weighted by atomic mass is 35.5. The van der Waals surface area contributed by atoms with Gasteiger partial charge in [0.2, 0.25) is 11.7 Å². The molecule has 10 nitrogen and oxygen atoms in total. The van der Waals surface area contributed by atoms with Crippen LogP contribution in [0.1, 0.15) is 32.7 Å². The summed E-state index contributed by atoms with van der Waals surface area (Å²) >= 11 is 6.20. The highest BCUT2D eigenvalue weighted by molar-refractivity contribution is 6.33. The molecule has 202 valence electrons. The van der Waals surface area contributed by atoms with E-state index >= 15 is 0 Å². The number of amides is 4. The summed E-state index contributed by atoms with van der Waals surface area (Å²) in [7, 11) is 4.20. The second-order valence-electron chi connectivity index (χ2n) is 8.63. The maximum atomic E-state index is 13.9. The number of hydrogen-bond acceptors (Lipinski definition) is 7. The second-order valence-corrected chi connectivity index (χ2v) is 9.04. The van der Waals surface area contributed by atoms with Crippen molar-refractivity contribution in [1.29, 1.82) is 0 Å². The predicted octanol–water partition coefficient (Wildman–Crippen LogP) is 3.79. The van der Waals surface area contributed by atoms with Crippen LogP contribution in [0, 0.1) is 6.92 Å². The van der Waals surface area contributed by atoms with Crippen LogP contribution in [0.4, 0.5) is 5.69 Å². The average molecular weight is 552 g/mol. The molecule has 1 heterocycles. The van der Waals surface area contributed by atoms with Crippen molar-refractivity contribution in [3.05, 3.63) is 82.4 Å². The normalized spacial score (nSPS) is 14.7. The van der Waals surface area contributed by atoms with Gasteiger partial charge in [0.05, 0.1) is 44.0 Å². The molecule has 3 aromatic rings. The van der Waals surface area contributed by atoms with Crippen LogP contribution in [0.5, 0.6) is 17.2 Å². The third kappa shape index (κ3) is 5.37. The molecule has 0 saturated carbocycles. The van der Waals surface area contributed by atoms with Crippen LogP contribution in [0.15, 0.2) is 60.7 Å². The molecule has 0 radical (unpaired) electrons. The molecule has 1 N–H and O–H groups in total. The summed E-state index contributed by atoms with van der Waals surface area (Å²) in [4.78, 5) is 54.7. The fraction of sp³-hybridized carbons (Fsp3) is 0.214. The van der Waals surface area contributed by atoms with Crippen molar-refractivity contribution in [2.45, 2.75) is 19.4 Å².